The molecule has 6 nitrogen and oxygen atoms in total. The molecule has 190 valence electrons. The van der Waals surface area contributed by atoms with Gasteiger partial charge in [0.05, 0.1) is 19.6 Å². The van der Waals surface area contributed by atoms with Gasteiger partial charge in [0.15, 0.2) is 6.04 Å². The van der Waals surface area contributed by atoms with Crippen molar-refractivity contribution in [2.24, 2.45) is 5.92 Å². The van der Waals surface area contributed by atoms with E-state index in [-0.39, 0.29) is 35.9 Å². The SMILES string of the molecule is CCC(CO)[N+]1(C=O)CC(CC(=O)OCC(C)C)OC(c2cccc(Cl)c2)C1c1ccc(Cl)cc1. The van der Waals surface area contributed by atoms with Gasteiger partial charge in [0.25, 0.3) is 0 Å². The molecule has 1 heterocycles. The molecule has 3 rings (SSSR count). The van der Waals surface area contributed by atoms with Crippen LogP contribution in [0.4, 0.5) is 0 Å². The molecule has 0 saturated carbocycles. The molecule has 1 N–H and O–H groups in total. The first-order valence-electron chi connectivity index (χ1n) is 12.0. The number of ether oxygens (including phenoxy) is 2. The molecule has 0 aliphatic carbocycles. The van der Waals surface area contributed by atoms with E-state index >= 15 is 0 Å². The number of aliphatic hydroxyl groups excluding tert-OH is 1. The maximum atomic E-state index is 13.0. The van der Waals surface area contributed by atoms with Crippen LogP contribution in [-0.2, 0) is 19.1 Å². The number of quaternary nitrogens is 1. The summed E-state index contributed by atoms with van der Waals surface area (Å²) >= 11 is 12.5. The van der Waals surface area contributed by atoms with E-state index in [0.29, 0.717) is 23.1 Å². The van der Waals surface area contributed by atoms with Crippen LogP contribution < -0.4 is 0 Å². The largest absolute Gasteiger partial charge is 0.465 e. The van der Waals surface area contributed by atoms with E-state index in [0.717, 1.165) is 17.5 Å². The summed E-state index contributed by atoms with van der Waals surface area (Å²) in [6.07, 6.45) is 0.278. The van der Waals surface area contributed by atoms with Crippen LogP contribution in [-0.4, -0.2) is 53.9 Å². The van der Waals surface area contributed by atoms with Crippen molar-refractivity contribution in [1.82, 2.24) is 0 Å². The van der Waals surface area contributed by atoms with Gasteiger partial charge in [-0.25, -0.2) is 9.28 Å². The normalized spacial score (nSPS) is 25.3. The highest BCUT2D eigenvalue weighted by molar-refractivity contribution is 6.30. The van der Waals surface area contributed by atoms with Crippen molar-refractivity contribution in [3.05, 3.63) is 69.7 Å². The van der Waals surface area contributed by atoms with E-state index in [1.165, 1.54) is 0 Å². The van der Waals surface area contributed by atoms with E-state index in [2.05, 4.69) is 0 Å². The Morgan fingerprint density at radius 2 is 1.89 bits per heavy atom. The van der Waals surface area contributed by atoms with Crippen LogP contribution in [0.15, 0.2) is 48.5 Å². The molecular weight excluding hydrogens is 489 g/mol. The van der Waals surface area contributed by atoms with Gasteiger partial charge in [-0.2, -0.15) is 0 Å². The quantitative estimate of drug-likeness (QED) is 0.253. The number of morpholine rings is 1. The smallest absolute Gasteiger partial charge is 0.308 e. The average molecular weight is 523 g/mol. The van der Waals surface area contributed by atoms with Gasteiger partial charge in [0.2, 0.25) is 0 Å². The molecule has 2 aromatic rings. The minimum Gasteiger partial charge on any atom is -0.465 e. The zero-order chi connectivity index (χ0) is 25.6. The molecule has 0 aromatic heterocycles. The highest BCUT2D eigenvalue weighted by Gasteiger charge is 2.54. The Morgan fingerprint density at radius 1 is 1.17 bits per heavy atom. The van der Waals surface area contributed by atoms with Gasteiger partial charge in [-0.15, -0.1) is 0 Å². The van der Waals surface area contributed by atoms with E-state index < -0.39 is 24.3 Å². The Labute approximate surface area is 217 Å². The Hall–Kier alpha value is -1.96. The number of halogens is 2. The number of hydrogen-bond donors (Lipinski definition) is 1. The van der Waals surface area contributed by atoms with Crippen LogP contribution in [0.2, 0.25) is 10.0 Å². The second-order valence-corrected chi connectivity index (χ2v) is 10.4. The van der Waals surface area contributed by atoms with Gasteiger partial charge < -0.3 is 14.6 Å². The molecule has 35 heavy (non-hydrogen) atoms. The molecule has 2 aromatic carbocycles. The molecule has 0 radical (unpaired) electrons. The number of nitrogens with zero attached hydrogens (tertiary/aromatic N) is 1. The predicted molar refractivity (Wildman–Crippen MR) is 136 cm³/mol. The van der Waals surface area contributed by atoms with Crippen molar-refractivity contribution in [1.29, 1.82) is 0 Å². The molecule has 0 spiro atoms. The zero-order valence-corrected chi connectivity index (χ0v) is 21.9. The third kappa shape index (κ3) is 6.43. The van der Waals surface area contributed by atoms with Crippen molar-refractivity contribution in [3.63, 3.8) is 0 Å². The standard InChI is InChI=1S/C27H34Cl2NO5/c1-4-23(15-31)30(17-32)14-24(13-25(33)34-16-18(2)3)35-27(20-6-5-7-22(29)12-20)26(30)19-8-10-21(28)11-9-19/h5-12,17-18,23-24,26-27,31H,4,13-16H2,1-3H3/q+1. The van der Waals surface area contributed by atoms with E-state index in [9.17, 15) is 14.7 Å². The minimum atomic E-state index is -0.600. The fourth-order valence-electron chi connectivity index (χ4n) is 4.91. The van der Waals surface area contributed by atoms with Gasteiger partial charge in [0.1, 0.15) is 24.8 Å². The first-order chi connectivity index (χ1) is 16.7. The Bertz CT molecular complexity index is 995. The zero-order valence-electron chi connectivity index (χ0n) is 20.4. The van der Waals surface area contributed by atoms with Gasteiger partial charge in [-0.05, 0) is 42.2 Å². The fraction of sp³-hybridized carbons (Fsp3) is 0.481. The van der Waals surface area contributed by atoms with Gasteiger partial charge in [-0.1, -0.05) is 68.2 Å². The number of esters is 1. The highest BCUT2D eigenvalue weighted by Crippen LogP contribution is 2.48. The molecule has 0 bridgehead atoms. The van der Waals surface area contributed by atoms with E-state index in [1.54, 1.807) is 18.2 Å². The van der Waals surface area contributed by atoms with Crippen molar-refractivity contribution in [2.75, 3.05) is 19.8 Å². The molecule has 5 atom stereocenters. The summed E-state index contributed by atoms with van der Waals surface area (Å²) in [4.78, 5) is 25.6. The lowest BCUT2D eigenvalue weighted by molar-refractivity contribution is -0.919. The first kappa shape index (κ1) is 27.6. The summed E-state index contributed by atoms with van der Waals surface area (Å²) in [7, 11) is 0. The van der Waals surface area contributed by atoms with Gasteiger partial charge in [0, 0.05) is 15.6 Å². The van der Waals surface area contributed by atoms with Crippen LogP contribution in [0.3, 0.4) is 0 Å². The second-order valence-electron chi connectivity index (χ2n) is 9.54. The number of aliphatic hydroxyl groups is 1. The topological polar surface area (TPSA) is 72.8 Å². The average Bonchev–Trinajstić information content (AvgIpc) is 2.84. The van der Waals surface area contributed by atoms with Crippen LogP contribution in [0.1, 0.15) is 56.9 Å². The summed E-state index contributed by atoms with van der Waals surface area (Å²) in [5.74, 6) is -0.164. The lowest BCUT2D eigenvalue weighted by Gasteiger charge is -2.52. The molecule has 1 saturated heterocycles. The Kier molecular flexibility index (Phi) is 9.73. The summed E-state index contributed by atoms with van der Waals surface area (Å²) < 4.78 is 11.9. The van der Waals surface area contributed by atoms with Gasteiger partial charge in [-0.3, -0.25) is 4.79 Å². The lowest BCUT2D eigenvalue weighted by atomic mass is 9.87. The predicted octanol–water partition coefficient (Wildman–Crippen LogP) is 5.51. The molecular formula is C27H34Cl2NO5+. The van der Waals surface area contributed by atoms with Gasteiger partial charge >= 0.3 is 12.4 Å². The third-order valence-corrected chi connectivity index (χ3v) is 7.07. The van der Waals surface area contributed by atoms with Crippen molar-refractivity contribution in [2.45, 2.75) is 57.9 Å². The Balaban J connectivity index is 2.12. The van der Waals surface area contributed by atoms with Crippen LogP contribution in [0.25, 0.3) is 0 Å². The molecule has 5 unspecified atom stereocenters. The van der Waals surface area contributed by atoms with Crippen LogP contribution >= 0.6 is 23.2 Å². The molecule has 1 fully saturated rings. The number of amides is 1. The lowest BCUT2D eigenvalue weighted by Crippen LogP contribution is -2.65. The van der Waals surface area contributed by atoms with Crippen molar-refractivity contribution >= 4 is 35.6 Å². The number of hydrogen-bond acceptors (Lipinski definition) is 5. The monoisotopic (exact) mass is 522 g/mol. The van der Waals surface area contributed by atoms with E-state index in [4.69, 9.17) is 32.7 Å². The van der Waals surface area contributed by atoms with Crippen molar-refractivity contribution < 1.29 is 28.7 Å². The van der Waals surface area contributed by atoms with E-state index in [1.807, 2.05) is 51.1 Å². The fourth-order valence-corrected chi connectivity index (χ4v) is 5.23. The van der Waals surface area contributed by atoms with Crippen LogP contribution in [0, 0.1) is 5.92 Å². The maximum Gasteiger partial charge on any atom is 0.308 e. The number of carbonyl (C=O) groups excluding carboxylic acids is 2. The minimum absolute atomic E-state index is 0.00677. The molecule has 8 heteroatoms. The Morgan fingerprint density at radius 3 is 2.46 bits per heavy atom. The summed E-state index contributed by atoms with van der Waals surface area (Å²) in [6, 6.07) is 13.8. The molecule has 1 aliphatic rings. The number of carbonyl (C=O) groups is 2. The summed E-state index contributed by atoms with van der Waals surface area (Å²) in [5, 5.41) is 11.5. The first-order valence-corrected chi connectivity index (χ1v) is 12.8. The van der Waals surface area contributed by atoms with Crippen LogP contribution in [0.5, 0.6) is 0 Å². The molecule has 1 amide bonds. The summed E-state index contributed by atoms with van der Waals surface area (Å²) in [5.41, 5.74) is 1.63. The maximum absolute atomic E-state index is 13.0. The number of rotatable bonds is 10. The second kappa shape index (κ2) is 12.3. The highest BCUT2D eigenvalue weighted by atomic mass is 35.5. The third-order valence-electron chi connectivity index (χ3n) is 6.58. The molecule has 1 aliphatic heterocycles. The van der Waals surface area contributed by atoms with Crippen molar-refractivity contribution in [3.8, 4) is 0 Å². The summed E-state index contributed by atoms with van der Waals surface area (Å²) in [6.45, 7) is 6.24. The number of benzene rings is 2.